The molecule has 0 aliphatic carbocycles. The second-order valence-electron chi connectivity index (χ2n) is 6.33. The molecule has 140 valence electrons. The van der Waals surface area contributed by atoms with Gasteiger partial charge in [-0.3, -0.25) is 9.48 Å². The third-order valence-corrected chi connectivity index (χ3v) is 4.49. The first-order valence-electron chi connectivity index (χ1n) is 8.67. The molecule has 0 aliphatic rings. The summed E-state index contributed by atoms with van der Waals surface area (Å²) in [5, 5.41) is 4.33. The first kappa shape index (κ1) is 18.6. The van der Waals surface area contributed by atoms with Gasteiger partial charge in [-0.25, -0.2) is 4.39 Å². The maximum absolute atomic E-state index is 13.1. The van der Waals surface area contributed by atoms with Crippen LogP contribution in [-0.4, -0.2) is 41.3 Å². The number of ether oxygens (including phenoxy) is 1. The van der Waals surface area contributed by atoms with Gasteiger partial charge in [-0.1, -0.05) is 18.2 Å². The predicted octanol–water partition coefficient (Wildman–Crippen LogP) is 3.55. The van der Waals surface area contributed by atoms with Crippen LogP contribution in [0.25, 0.3) is 11.3 Å². The Bertz CT molecular complexity index is 935. The molecule has 0 atom stereocenters. The molecular formula is C21H22FN3O2. The van der Waals surface area contributed by atoms with Crippen LogP contribution in [0.15, 0.2) is 54.6 Å². The number of halogens is 1. The molecular weight excluding hydrogens is 345 g/mol. The van der Waals surface area contributed by atoms with E-state index in [-0.39, 0.29) is 11.7 Å². The molecule has 5 nitrogen and oxygen atoms in total. The Hall–Kier alpha value is -3.15. The standard InChI is InChI=1S/C21H22FN3O2/c1-24(13-12-16-6-4-5-7-20(16)27-3)21(26)18-14-19(25(2)23-18)15-8-10-17(22)11-9-15/h4-11,14H,12-13H2,1-3H3. The lowest BCUT2D eigenvalue weighted by molar-refractivity contribution is 0.0790. The van der Waals surface area contributed by atoms with E-state index in [9.17, 15) is 9.18 Å². The minimum atomic E-state index is -0.298. The number of aromatic nitrogens is 2. The molecule has 1 aromatic heterocycles. The summed E-state index contributed by atoms with van der Waals surface area (Å²) in [7, 11) is 5.16. The van der Waals surface area contributed by atoms with Gasteiger partial charge in [0.2, 0.25) is 0 Å². The molecule has 0 fully saturated rings. The Balaban J connectivity index is 1.72. The van der Waals surface area contributed by atoms with Gasteiger partial charge in [-0.15, -0.1) is 0 Å². The molecule has 1 amide bonds. The number of hydrogen-bond donors (Lipinski definition) is 0. The maximum Gasteiger partial charge on any atom is 0.274 e. The first-order valence-corrected chi connectivity index (χ1v) is 8.67. The van der Waals surface area contributed by atoms with E-state index in [0.717, 1.165) is 22.6 Å². The van der Waals surface area contributed by atoms with Crippen molar-refractivity contribution in [3.63, 3.8) is 0 Å². The van der Waals surface area contributed by atoms with E-state index >= 15 is 0 Å². The number of methoxy groups -OCH3 is 1. The van der Waals surface area contributed by atoms with Gasteiger partial charge in [0.1, 0.15) is 11.6 Å². The Morgan fingerprint density at radius 2 is 1.89 bits per heavy atom. The van der Waals surface area contributed by atoms with E-state index in [4.69, 9.17) is 4.74 Å². The van der Waals surface area contributed by atoms with Gasteiger partial charge in [0, 0.05) is 20.6 Å². The van der Waals surface area contributed by atoms with Crippen molar-refractivity contribution in [2.45, 2.75) is 6.42 Å². The maximum atomic E-state index is 13.1. The summed E-state index contributed by atoms with van der Waals surface area (Å²) in [6.45, 7) is 0.543. The number of amides is 1. The smallest absolute Gasteiger partial charge is 0.274 e. The third-order valence-electron chi connectivity index (χ3n) is 4.49. The third kappa shape index (κ3) is 4.16. The van der Waals surface area contributed by atoms with Crippen LogP contribution in [0.4, 0.5) is 4.39 Å². The van der Waals surface area contributed by atoms with E-state index in [1.807, 2.05) is 24.3 Å². The monoisotopic (exact) mass is 367 g/mol. The summed E-state index contributed by atoms with van der Waals surface area (Å²) in [5.74, 6) is 0.358. The SMILES string of the molecule is COc1ccccc1CCN(C)C(=O)c1cc(-c2ccc(F)cc2)n(C)n1. The van der Waals surface area contributed by atoms with Crippen molar-refractivity contribution in [3.8, 4) is 17.0 Å². The van der Waals surface area contributed by atoms with E-state index < -0.39 is 0 Å². The normalized spacial score (nSPS) is 10.7. The van der Waals surface area contributed by atoms with Crippen LogP contribution in [0.2, 0.25) is 0 Å². The Labute approximate surface area is 158 Å². The molecule has 0 radical (unpaired) electrons. The lowest BCUT2D eigenvalue weighted by Crippen LogP contribution is -2.29. The summed E-state index contributed by atoms with van der Waals surface area (Å²) in [4.78, 5) is 14.4. The van der Waals surface area contributed by atoms with Gasteiger partial charge < -0.3 is 9.64 Å². The average molecular weight is 367 g/mol. The highest BCUT2D eigenvalue weighted by molar-refractivity contribution is 5.93. The first-order chi connectivity index (χ1) is 13.0. The minimum absolute atomic E-state index is 0.158. The molecule has 2 aromatic carbocycles. The summed E-state index contributed by atoms with van der Waals surface area (Å²) < 4.78 is 20.1. The molecule has 1 heterocycles. The number of nitrogens with zero attached hydrogens (tertiary/aromatic N) is 3. The van der Waals surface area contributed by atoms with E-state index in [2.05, 4.69) is 5.10 Å². The highest BCUT2D eigenvalue weighted by Gasteiger charge is 2.18. The van der Waals surface area contributed by atoms with Crippen LogP contribution in [-0.2, 0) is 13.5 Å². The Morgan fingerprint density at radius 3 is 2.59 bits per heavy atom. The lowest BCUT2D eigenvalue weighted by atomic mass is 10.1. The summed E-state index contributed by atoms with van der Waals surface area (Å²) in [6.07, 6.45) is 0.684. The predicted molar refractivity (Wildman–Crippen MR) is 102 cm³/mol. The van der Waals surface area contributed by atoms with Crippen molar-refractivity contribution in [3.05, 3.63) is 71.7 Å². The fourth-order valence-corrected chi connectivity index (χ4v) is 2.96. The highest BCUT2D eigenvalue weighted by Crippen LogP contribution is 2.21. The number of para-hydroxylation sites is 1. The second kappa shape index (κ2) is 8.03. The minimum Gasteiger partial charge on any atom is -0.496 e. The van der Waals surface area contributed by atoms with Crippen LogP contribution in [0.1, 0.15) is 16.1 Å². The number of carbonyl (C=O) groups is 1. The van der Waals surface area contributed by atoms with Crippen LogP contribution < -0.4 is 4.74 Å². The number of hydrogen-bond acceptors (Lipinski definition) is 3. The van der Waals surface area contributed by atoms with Gasteiger partial charge in [0.15, 0.2) is 5.69 Å². The Morgan fingerprint density at radius 1 is 1.19 bits per heavy atom. The van der Waals surface area contributed by atoms with Gasteiger partial charge in [-0.2, -0.15) is 5.10 Å². The zero-order valence-corrected chi connectivity index (χ0v) is 15.6. The zero-order chi connectivity index (χ0) is 19.4. The van der Waals surface area contributed by atoms with Crippen molar-refractivity contribution in [1.29, 1.82) is 0 Å². The van der Waals surface area contributed by atoms with Crippen LogP contribution in [0.5, 0.6) is 5.75 Å². The molecule has 0 saturated heterocycles. The second-order valence-corrected chi connectivity index (χ2v) is 6.33. The van der Waals surface area contributed by atoms with Crippen molar-refractivity contribution in [2.24, 2.45) is 7.05 Å². The van der Waals surface area contributed by atoms with Gasteiger partial charge in [0.25, 0.3) is 5.91 Å². The molecule has 3 rings (SSSR count). The number of rotatable bonds is 6. The van der Waals surface area contributed by atoms with E-state index in [0.29, 0.717) is 18.7 Å². The molecule has 27 heavy (non-hydrogen) atoms. The fraction of sp³-hybridized carbons (Fsp3) is 0.238. The van der Waals surface area contributed by atoms with Gasteiger partial charge in [0.05, 0.1) is 12.8 Å². The van der Waals surface area contributed by atoms with Gasteiger partial charge >= 0.3 is 0 Å². The van der Waals surface area contributed by atoms with Crippen molar-refractivity contribution in [1.82, 2.24) is 14.7 Å². The summed E-state index contributed by atoms with van der Waals surface area (Å²) in [5.41, 5.74) is 2.98. The Kier molecular flexibility index (Phi) is 5.54. The molecule has 3 aromatic rings. The van der Waals surface area contributed by atoms with Crippen molar-refractivity contribution >= 4 is 5.91 Å². The molecule has 0 saturated carbocycles. The number of carbonyl (C=O) groups excluding carboxylic acids is 1. The number of likely N-dealkylation sites (N-methyl/N-ethyl adjacent to an activating group) is 1. The molecule has 0 unspecified atom stereocenters. The molecule has 6 heteroatoms. The highest BCUT2D eigenvalue weighted by atomic mass is 19.1. The largest absolute Gasteiger partial charge is 0.496 e. The number of benzene rings is 2. The topological polar surface area (TPSA) is 47.4 Å². The molecule has 0 N–H and O–H groups in total. The van der Waals surface area contributed by atoms with Crippen molar-refractivity contribution in [2.75, 3.05) is 20.7 Å². The fourth-order valence-electron chi connectivity index (χ4n) is 2.96. The van der Waals surface area contributed by atoms with E-state index in [1.54, 1.807) is 49.0 Å². The van der Waals surface area contributed by atoms with Crippen LogP contribution in [0.3, 0.4) is 0 Å². The molecule has 0 aliphatic heterocycles. The molecule has 0 bridgehead atoms. The van der Waals surface area contributed by atoms with Crippen molar-refractivity contribution < 1.29 is 13.9 Å². The van der Waals surface area contributed by atoms with Crippen LogP contribution in [0, 0.1) is 5.82 Å². The van der Waals surface area contributed by atoms with Gasteiger partial charge in [-0.05, 0) is 53.9 Å². The average Bonchev–Trinajstić information content (AvgIpc) is 3.08. The van der Waals surface area contributed by atoms with Crippen LogP contribution >= 0.6 is 0 Å². The quantitative estimate of drug-likeness (QED) is 0.669. The summed E-state index contributed by atoms with van der Waals surface area (Å²) in [6, 6.07) is 15.6. The van der Waals surface area contributed by atoms with E-state index in [1.165, 1.54) is 12.1 Å². The zero-order valence-electron chi connectivity index (χ0n) is 15.6. The number of aryl methyl sites for hydroxylation is 1. The summed E-state index contributed by atoms with van der Waals surface area (Å²) >= 11 is 0. The lowest BCUT2D eigenvalue weighted by Gasteiger charge is -2.16. The molecule has 0 spiro atoms.